The first kappa shape index (κ1) is 12.4. The summed E-state index contributed by atoms with van der Waals surface area (Å²) in [5.41, 5.74) is 8.22. The Labute approximate surface area is 96.6 Å². The maximum atomic E-state index is 5.74. The Morgan fingerprint density at radius 2 is 2.13 bits per heavy atom. The van der Waals surface area contributed by atoms with E-state index in [0.717, 1.165) is 12.2 Å². The first-order valence-corrected chi connectivity index (χ1v) is 6.68. The van der Waals surface area contributed by atoms with E-state index in [1.165, 1.54) is 11.3 Å². The molecule has 1 unspecified atom stereocenters. The van der Waals surface area contributed by atoms with Gasteiger partial charge in [0, 0.05) is 18.3 Å². The van der Waals surface area contributed by atoms with E-state index in [-0.39, 0.29) is 0 Å². The minimum atomic E-state index is 0.388. The summed E-state index contributed by atoms with van der Waals surface area (Å²) in [7, 11) is 0. The van der Waals surface area contributed by atoms with E-state index in [9.17, 15) is 0 Å². The van der Waals surface area contributed by atoms with Crippen LogP contribution in [0.3, 0.4) is 0 Å². The van der Waals surface area contributed by atoms with Crippen LogP contribution >= 0.6 is 11.8 Å². The summed E-state index contributed by atoms with van der Waals surface area (Å²) in [5, 5.41) is 3.49. The summed E-state index contributed by atoms with van der Waals surface area (Å²) in [4.78, 5) is 0. The van der Waals surface area contributed by atoms with Gasteiger partial charge < -0.3 is 11.1 Å². The van der Waals surface area contributed by atoms with Gasteiger partial charge in [-0.05, 0) is 37.0 Å². The van der Waals surface area contributed by atoms with Crippen molar-refractivity contribution >= 4 is 17.4 Å². The molecule has 0 aliphatic rings. The molecule has 1 atom stereocenters. The average Bonchev–Trinajstić information content (AvgIpc) is 2.26. The van der Waals surface area contributed by atoms with Gasteiger partial charge in [-0.3, -0.25) is 0 Å². The van der Waals surface area contributed by atoms with Crippen LogP contribution in [0.5, 0.6) is 0 Å². The Morgan fingerprint density at radius 3 is 2.73 bits per heavy atom. The fraction of sp³-hybridized carbons (Fsp3) is 0.500. The number of nitrogens with one attached hydrogen (secondary N) is 1. The van der Waals surface area contributed by atoms with Crippen LogP contribution in [0.25, 0.3) is 0 Å². The van der Waals surface area contributed by atoms with Crippen molar-refractivity contribution in [2.24, 2.45) is 5.73 Å². The highest BCUT2D eigenvalue weighted by Gasteiger charge is 2.06. The van der Waals surface area contributed by atoms with Crippen molar-refractivity contribution in [2.45, 2.75) is 19.4 Å². The molecule has 0 fully saturated rings. The van der Waals surface area contributed by atoms with Crippen molar-refractivity contribution in [3.8, 4) is 0 Å². The first-order chi connectivity index (χ1) is 7.27. The number of benzene rings is 1. The molecule has 1 rings (SSSR count). The molecule has 0 amide bonds. The molecule has 0 aliphatic carbocycles. The van der Waals surface area contributed by atoms with Gasteiger partial charge in [0.2, 0.25) is 0 Å². The highest BCUT2D eigenvalue weighted by molar-refractivity contribution is 7.98. The second-order valence-corrected chi connectivity index (χ2v) is 4.66. The fourth-order valence-electron chi connectivity index (χ4n) is 1.46. The van der Waals surface area contributed by atoms with Crippen LogP contribution in [-0.4, -0.2) is 24.6 Å². The Balaban J connectivity index is 2.54. The first-order valence-electron chi connectivity index (χ1n) is 5.29. The normalized spacial score (nSPS) is 12.5. The highest BCUT2D eigenvalue weighted by atomic mass is 32.2. The Kier molecular flexibility index (Phi) is 5.58. The lowest BCUT2D eigenvalue weighted by Gasteiger charge is -2.19. The molecule has 0 spiro atoms. The Morgan fingerprint density at radius 1 is 1.40 bits per heavy atom. The van der Waals surface area contributed by atoms with Crippen molar-refractivity contribution in [1.82, 2.24) is 0 Å². The molecule has 0 aromatic heterocycles. The SMILES string of the molecule is CSCCC(CN)Nc1ccccc1C. The van der Waals surface area contributed by atoms with Gasteiger partial charge in [-0.1, -0.05) is 18.2 Å². The average molecular weight is 224 g/mol. The molecular weight excluding hydrogens is 204 g/mol. The molecule has 1 aromatic rings. The van der Waals surface area contributed by atoms with Crippen LogP contribution in [0, 0.1) is 6.92 Å². The summed E-state index contributed by atoms with van der Waals surface area (Å²) in [5.74, 6) is 1.15. The smallest absolute Gasteiger partial charge is 0.0391 e. The molecule has 1 aromatic carbocycles. The van der Waals surface area contributed by atoms with E-state index in [1.54, 1.807) is 0 Å². The largest absolute Gasteiger partial charge is 0.381 e. The third kappa shape index (κ3) is 4.14. The number of thioether (sulfide) groups is 1. The van der Waals surface area contributed by atoms with Gasteiger partial charge in [-0.2, -0.15) is 11.8 Å². The Bertz CT molecular complexity index is 289. The summed E-state index contributed by atoms with van der Waals surface area (Å²) in [6.45, 7) is 2.80. The number of nitrogens with two attached hydrogens (primary N) is 1. The van der Waals surface area contributed by atoms with E-state index >= 15 is 0 Å². The molecule has 0 bridgehead atoms. The second kappa shape index (κ2) is 6.75. The third-order valence-electron chi connectivity index (χ3n) is 2.46. The van der Waals surface area contributed by atoms with Crippen molar-refractivity contribution < 1.29 is 0 Å². The predicted octanol–water partition coefficient (Wildman–Crippen LogP) is 2.49. The lowest BCUT2D eigenvalue weighted by molar-refractivity contribution is 0.709. The monoisotopic (exact) mass is 224 g/mol. The van der Waals surface area contributed by atoms with Gasteiger partial charge in [0.05, 0.1) is 0 Å². The third-order valence-corrected chi connectivity index (χ3v) is 3.10. The van der Waals surface area contributed by atoms with Crippen molar-refractivity contribution in [3.05, 3.63) is 29.8 Å². The molecule has 3 N–H and O–H groups in total. The maximum Gasteiger partial charge on any atom is 0.0391 e. The number of para-hydroxylation sites is 1. The number of rotatable bonds is 6. The fourth-order valence-corrected chi connectivity index (χ4v) is 1.98. The molecule has 0 radical (unpaired) electrons. The van der Waals surface area contributed by atoms with Gasteiger partial charge in [-0.25, -0.2) is 0 Å². The summed E-state index contributed by atoms with van der Waals surface area (Å²) >= 11 is 1.86. The topological polar surface area (TPSA) is 38.0 Å². The van der Waals surface area contributed by atoms with Crippen LogP contribution in [0.1, 0.15) is 12.0 Å². The van der Waals surface area contributed by atoms with Crippen LogP contribution in [0.2, 0.25) is 0 Å². The molecular formula is C12H20N2S. The molecule has 84 valence electrons. The van der Waals surface area contributed by atoms with Crippen LogP contribution in [0.4, 0.5) is 5.69 Å². The number of hydrogen-bond acceptors (Lipinski definition) is 3. The molecule has 0 aliphatic heterocycles. The molecule has 0 saturated carbocycles. The molecule has 2 nitrogen and oxygen atoms in total. The minimum Gasteiger partial charge on any atom is -0.381 e. The number of anilines is 1. The van der Waals surface area contributed by atoms with Crippen molar-refractivity contribution in [3.63, 3.8) is 0 Å². The Hall–Kier alpha value is -0.670. The summed E-state index contributed by atoms with van der Waals surface area (Å²) in [6, 6.07) is 8.72. The standard InChI is InChI=1S/C12H20N2S/c1-10-5-3-4-6-12(10)14-11(9-13)7-8-15-2/h3-6,11,14H,7-9,13H2,1-2H3. The quantitative estimate of drug-likeness (QED) is 0.779. The van der Waals surface area contributed by atoms with Gasteiger partial charge in [0.25, 0.3) is 0 Å². The molecule has 3 heteroatoms. The van der Waals surface area contributed by atoms with Crippen molar-refractivity contribution in [1.29, 1.82) is 0 Å². The van der Waals surface area contributed by atoms with E-state index in [1.807, 2.05) is 11.8 Å². The van der Waals surface area contributed by atoms with Crippen LogP contribution < -0.4 is 11.1 Å². The lowest BCUT2D eigenvalue weighted by atomic mass is 10.1. The zero-order chi connectivity index (χ0) is 11.1. The number of aryl methyl sites for hydroxylation is 1. The predicted molar refractivity (Wildman–Crippen MR) is 70.6 cm³/mol. The van der Waals surface area contributed by atoms with Crippen molar-refractivity contribution in [2.75, 3.05) is 23.9 Å². The number of hydrogen-bond donors (Lipinski definition) is 2. The minimum absolute atomic E-state index is 0.388. The second-order valence-electron chi connectivity index (χ2n) is 3.67. The van der Waals surface area contributed by atoms with E-state index < -0.39 is 0 Å². The zero-order valence-electron chi connectivity index (χ0n) is 9.49. The van der Waals surface area contributed by atoms with E-state index in [2.05, 4.69) is 42.8 Å². The van der Waals surface area contributed by atoms with Gasteiger partial charge in [0.1, 0.15) is 0 Å². The van der Waals surface area contributed by atoms with E-state index in [4.69, 9.17) is 5.73 Å². The van der Waals surface area contributed by atoms with Crippen LogP contribution in [-0.2, 0) is 0 Å². The van der Waals surface area contributed by atoms with Gasteiger partial charge in [-0.15, -0.1) is 0 Å². The highest BCUT2D eigenvalue weighted by Crippen LogP contribution is 2.15. The maximum absolute atomic E-state index is 5.74. The molecule has 0 saturated heterocycles. The van der Waals surface area contributed by atoms with E-state index in [0.29, 0.717) is 12.6 Å². The van der Waals surface area contributed by atoms with Crippen LogP contribution in [0.15, 0.2) is 24.3 Å². The molecule has 15 heavy (non-hydrogen) atoms. The van der Waals surface area contributed by atoms with Gasteiger partial charge >= 0.3 is 0 Å². The summed E-state index contributed by atoms with van der Waals surface area (Å²) in [6.07, 6.45) is 3.24. The lowest BCUT2D eigenvalue weighted by Crippen LogP contribution is -2.29. The zero-order valence-corrected chi connectivity index (χ0v) is 10.3. The summed E-state index contributed by atoms with van der Waals surface area (Å²) < 4.78 is 0. The molecule has 0 heterocycles. The van der Waals surface area contributed by atoms with Gasteiger partial charge in [0.15, 0.2) is 0 Å².